The Morgan fingerprint density at radius 2 is 1.85 bits per heavy atom. The van der Waals surface area contributed by atoms with Gasteiger partial charge < -0.3 is 5.32 Å². The summed E-state index contributed by atoms with van der Waals surface area (Å²) in [6, 6.07) is 0. The molecule has 80 valence electrons. The number of nitrogens with one attached hydrogen (secondary N) is 1. The maximum atomic E-state index is 3.50. The number of hydrogen-bond acceptors (Lipinski definition) is 2. The van der Waals surface area contributed by atoms with E-state index < -0.39 is 0 Å². The second-order valence-corrected chi connectivity index (χ2v) is 5.28. The standard InChI is InChI=1S/C11H25NS/c1-10(2)8-12-9-11(3)6-5-7-13-4/h10-12H,5-9H2,1-4H3. The fourth-order valence-electron chi connectivity index (χ4n) is 1.30. The van der Waals surface area contributed by atoms with Crippen LogP contribution in [-0.2, 0) is 0 Å². The van der Waals surface area contributed by atoms with Crippen molar-refractivity contribution in [3.63, 3.8) is 0 Å². The topological polar surface area (TPSA) is 12.0 Å². The Morgan fingerprint density at radius 3 is 2.38 bits per heavy atom. The Bertz CT molecular complexity index is 104. The molecule has 2 heteroatoms. The lowest BCUT2D eigenvalue weighted by atomic mass is 10.1. The zero-order chi connectivity index (χ0) is 10.1. The molecule has 0 aliphatic rings. The first-order chi connectivity index (χ1) is 6.16. The summed E-state index contributed by atoms with van der Waals surface area (Å²) >= 11 is 1.95. The van der Waals surface area contributed by atoms with Crippen LogP contribution in [-0.4, -0.2) is 25.1 Å². The summed E-state index contributed by atoms with van der Waals surface area (Å²) in [5.74, 6) is 2.93. The van der Waals surface area contributed by atoms with E-state index in [1.807, 2.05) is 11.8 Å². The van der Waals surface area contributed by atoms with E-state index in [0.29, 0.717) is 0 Å². The van der Waals surface area contributed by atoms with E-state index in [9.17, 15) is 0 Å². The molecule has 0 aliphatic heterocycles. The largest absolute Gasteiger partial charge is 0.316 e. The normalized spacial score (nSPS) is 13.6. The molecule has 0 bridgehead atoms. The molecule has 1 nitrogen and oxygen atoms in total. The van der Waals surface area contributed by atoms with Gasteiger partial charge in [-0.15, -0.1) is 0 Å². The molecule has 0 heterocycles. The van der Waals surface area contributed by atoms with Crippen LogP contribution in [0.15, 0.2) is 0 Å². The van der Waals surface area contributed by atoms with Gasteiger partial charge in [-0.3, -0.25) is 0 Å². The molecule has 0 aromatic rings. The molecule has 1 atom stereocenters. The Hall–Kier alpha value is 0.310. The minimum absolute atomic E-state index is 0.776. The van der Waals surface area contributed by atoms with Gasteiger partial charge >= 0.3 is 0 Å². The summed E-state index contributed by atoms with van der Waals surface area (Å²) in [5, 5.41) is 3.50. The molecule has 13 heavy (non-hydrogen) atoms. The minimum atomic E-state index is 0.776. The van der Waals surface area contributed by atoms with Crippen molar-refractivity contribution in [1.29, 1.82) is 0 Å². The number of hydrogen-bond donors (Lipinski definition) is 1. The van der Waals surface area contributed by atoms with E-state index in [4.69, 9.17) is 0 Å². The lowest BCUT2D eigenvalue weighted by Gasteiger charge is -2.13. The molecule has 1 unspecified atom stereocenters. The van der Waals surface area contributed by atoms with Gasteiger partial charge in [0, 0.05) is 0 Å². The molecular weight excluding hydrogens is 178 g/mol. The second kappa shape index (κ2) is 8.89. The van der Waals surface area contributed by atoms with Crippen LogP contribution in [0.5, 0.6) is 0 Å². The van der Waals surface area contributed by atoms with Crippen molar-refractivity contribution in [2.75, 3.05) is 25.1 Å². The fraction of sp³-hybridized carbons (Fsp3) is 1.00. The van der Waals surface area contributed by atoms with Crippen LogP contribution in [0.2, 0.25) is 0 Å². The van der Waals surface area contributed by atoms with Crippen LogP contribution in [0.1, 0.15) is 33.6 Å². The van der Waals surface area contributed by atoms with Gasteiger partial charge in [0.2, 0.25) is 0 Å². The first-order valence-corrected chi connectivity index (χ1v) is 6.75. The highest BCUT2D eigenvalue weighted by atomic mass is 32.2. The summed E-state index contributed by atoms with van der Waals surface area (Å²) in [4.78, 5) is 0. The molecule has 0 rings (SSSR count). The van der Waals surface area contributed by atoms with Crippen molar-refractivity contribution in [1.82, 2.24) is 5.32 Å². The smallest absolute Gasteiger partial charge is 0.00230 e. The van der Waals surface area contributed by atoms with Crippen LogP contribution in [0.25, 0.3) is 0 Å². The summed E-state index contributed by atoms with van der Waals surface area (Å²) in [5.41, 5.74) is 0. The highest BCUT2D eigenvalue weighted by Crippen LogP contribution is 2.07. The van der Waals surface area contributed by atoms with E-state index >= 15 is 0 Å². The molecule has 0 aromatic heterocycles. The summed E-state index contributed by atoms with van der Waals surface area (Å²) < 4.78 is 0. The molecule has 0 radical (unpaired) electrons. The van der Waals surface area contributed by atoms with Crippen molar-refractivity contribution in [3.8, 4) is 0 Å². The maximum Gasteiger partial charge on any atom is -0.00230 e. The highest BCUT2D eigenvalue weighted by Gasteiger charge is 2.01. The maximum absolute atomic E-state index is 3.50. The molecule has 1 N–H and O–H groups in total. The molecule has 0 aromatic carbocycles. The van der Waals surface area contributed by atoms with E-state index in [0.717, 1.165) is 18.4 Å². The first kappa shape index (κ1) is 13.3. The van der Waals surface area contributed by atoms with Crippen LogP contribution in [0.3, 0.4) is 0 Å². The summed E-state index contributed by atoms with van der Waals surface area (Å²) in [6.45, 7) is 9.20. The van der Waals surface area contributed by atoms with Gasteiger partial charge in [-0.1, -0.05) is 20.8 Å². The third kappa shape index (κ3) is 10.2. The van der Waals surface area contributed by atoms with Crippen LogP contribution in [0.4, 0.5) is 0 Å². The van der Waals surface area contributed by atoms with Crippen LogP contribution >= 0.6 is 11.8 Å². The quantitative estimate of drug-likeness (QED) is 0.609. The van der Waals surface area contributed by atoms with Gasteiger partial charge in [0.25, 0.3) is 0 Å². The third-order valence-electron chi connectivity index (χ3n) is 2.09. The van der Waals surface area contributed by atoms with Crippen molar-refractivity contribution >= 4 is 11.8 Å². The number of thioether (sulfide) groups is 1. The Balaban J connectivity index is 3.15. The predicted molar refractivity (Wildman–Crippen MR) is 64.5 cm³/mol. The van der Waals surface area contributed by atoms with Crippen molar-refractivity contribution < 1.29 is 0 Å². The molecule has 0 spiro atoms. The van der Waals surface area contributed by atoms with Gasteiger partial charge in [0.1, 0.15) is 0 Å². The zero-order valence-corrected chi connectivity index (χ0v) is 10.4. The van der Waals surface area contributed by atoms with Gasteiger partial charge in [-0.25, -0.2) is 0 Å². The van der Waals surface area contributed by atoms with E-state index in [1.165, 1.54) is 25.1 Å². The molecule has 0 aliphatic carbocycles. The van der Waals surface area contributed by atoms with Crippen LogP contribution in [0, 0.1) is 11.8 Å². The Morgan fingerprint density at radius 1 is 1.15 bits per heavy atom. The summed E-state index contributed by atoms with van der Waals surface area (Å²) in [6.07, 6.45) is 4.92. The molecule has 0 fully saturated rings. The van der Waals surface area contributed by atoms with Gasteiger partial charge in [-0.05, 0) is 49.8 Å². The van der Waals surface area contributed by atoms with E-state index in [-0.39, 0.29) is 0 Å². The van der Waals surface area contributed by atoms with Gasteiger partial charge in [-0.2, -0.15) is 11.8 Å². The average Bonchev–Trinajstić information content (AvgIpc) is 2.04. The molecular formula is C11H25NS. The van der Waals surface area contributed by atoms with Crippen LogP contribution < -0.4 is 5.32 Å². The average molecular weight is 203 g/mol. The van der Waals surface area contributed by atoms with Gasteiger partial charge in [0.15, 0.2) is 0 Å². The Labute approximate surface area is 88.1 Å². The molecule has 0 saturated heterocycles. The molecule has 0 saturated carbocycles. The van der Waals surface area contributed by atoms with Crippen molar-refractivity contribution in [2.24, 2.45) is 11.8 Å². The monoisotopic (exact) mass is 203 g/mol. The lowest BCUT2D eigenvalue weighted by molar-refractivity contribution is 0.451. The van der Waals surface area contributed by atoms with Crippen molar-refractivity contribution in [3.05, 3.63) is 0 Å². The third-order valence-corrected chi connectivity index (χ3v) is 2.79. The SMILES string of the molecule is CSCCCC(C)CNCC(C)C. The first-order valence-electron chi connectivity index (χ1n) is 5.36. The van der Waals surface area contributed by atoms with E-state index in [1.54, 1.807) is 0 Å². The fourth-order valence-corrected chi connectivity index (χ4v) is 1.75. The lowest BCUT2D eigenvalue weighted by Crippen LogP contribution is -2.25. The van der Waals surface area contributed by atoms with Crippen molar-refractivity contribution in [2.45, 2.75) is 33.6 Å². The highest BCUT2D eigenvalue weighted by molar-refractivity contribution is 7.98. The second-order valence-electron chi connectivity index (χ2n) is 4.29. The summed E-state index contributed by atoms with van der Waals surface area (Å²) in [7, 11) is 0. The number of rotatable bonds is 8. The Kier molecular flexibility index (Phi) is 9.10. The zero-order valence-electron chi connectivity index (χ0n) is 9.60. The van der Waals surface area contributed by atoms with Gasteiger partial charge in [0.05, 0.1) is 0 Å². The predicted octanol–water partition coefficient (Wildman–Crippen LogP) is 3.01. The van der Waals surface area contributed by atoms with E-state index in [2.05, 4.69) is 32.3 Å². The molecule has 0 amide bonds. The minimum Gasteiger partial charge on any atom is -0.316 e.